The first-order valence-corrected chi connectivity index (χ1v) is 11.9. The number of rotatable bonds is 8. The molecule has 0 unspecified atom stereocenters. The maximum atomic E-state index is 13.3. The lowest BCUT2D eigenvalue weighted by Crippen LogP contribution is -2.39. The molecule has 0 spiro atoms. The first kappa shape index (κ1) is 24.6. The van der Waals surface area contributed by atoms with Crippen LogP contribution in [-0.2, 0) is 14.8 Å². The van der Waals surface area contributed by atoms with Gasteiger partial charge in [-0.15, -0.1) is 0 Å². The molecule has 7 nitrogen and oxygen atoms in total. The van der Waals surface area contributed by atoms with Gasteiger partial charge < -0.3 is 4.74 Å². The SMILES string of the molecule is COc1ccc(/C(C)=N\NC(=O)CN(c2cccc(Cl)c2)S(=O)(=O)c2ccc(Cl)cc2)cc1. The summed E-state index contributed by atoms with van der Waals surface area (Å²) in [6.07, 6.45) is 0. The Bertz CT molecular complexity index is 1260. The van der Waals surface area contributed by atoms with E-state index >= 15 is 0 Å². The molecule has 0 heterocycles. The molecule has 0 fully saturated rings. The number of sulfonamides is 1. The molecule has 0 aliphatic carbocycles. The van der Waals surface area contributed by atoms with Gasteiger partial charge in [-0.2, -0.15) is 5.10 Å². The molecule has 0 atom stereocenters. The second-order valence-corrected chi connectivity index (χ2v) is 9.64. The lowest BCUT2D eigenvalue weighted by Gasteiger charge is -2.24. The van der Waals surface area contributed by atoms with Crippen molar-refractivity contribution in [2.24, 2.45) is 5.10 Å². The number of anilines is 1. The lowest BCUT2D eigenvalue weighted by molar-refractivity contribution is -0.119. The third-order valence-electron chi connectivity index (χ3n) is 4.64. The number of hydrogen-bond donors (Lipinski definition) is 1. The highest BCUT2D eigenvalue weighted by atomic mass is 35.5. The highest BCUT2D eigenvalue weighted by Gasteiger charge is 2.27. The van der Waals surface area contributed by atoms with E-state index in [1.54, 1.807) is 56.5 Å². The van der Waals surface area contributed by atoms with E-state index in [0.29, 0.717) is 21.5 Å². The van der Waals surface area contributed by atoms with Crippen molar-refractivity contribution in [2.45, 2.75) is 11.8 Å². The Labute approximate surface area is 202 Å². The highest BCUT2D eigenvalue weighted by Crippen LogP contribution is 2.26. The number of amides is 1. The molecular formula is C23H21Cl2N3O4S. The third kappa shape index (κ3) is 6.25. The number of ether oxygens (including phenoxy) is 1. The largest absolute Gasteiger partial charge is 0.497 e. The van der Waals surface area contributed by atoms with Gasteiger partial charge >= 0.3 is 0 Å². The number of benzene rings is 3. The van der Waals surface area contributed by atoms with Crippen LogP contribution in [0, 0.1) is 0 Å². The van der Waals surface area contributed by atoms with E-state index in [9.17, 15) is 13.2 Å². The van der Waals surface area contributed by atoms with E-state index in [-0.39, 0.29) is 10.6 Å². The summed E-state index contributed by atoms with van der Waals surface area (Å²) in [5, 5.41) is 4.82. The van der Waals surface area contributed by atoms with Crippen molar-refractivity contribution in [3.8, 4) is 5.75 Å². The van der Waals surface area contributed by atoms with Crippen molar-refractivity contribution in [1.82, 2.24) is 5.43 Å². The first-order valence-electron chi connectivity index (χ1n) is 9.72. The topological polar surface area (TPSA) is 88.1 Å². The number of nitrogens with zero attached hydrogens (tertiary/aromatic N) is 2. The van der Waals surface area contributed by atoms with Crippen LogP contribution in [0.2, 0.25) is 10.0 Å². The van der Waals surface area contributed by atoms with E-state index in [2.05, 4.69) is 10.5 Å². The minimum absolute atomic E-state index is 0.0161. The number of hydrazone groups is 1. The van der Waals surface area contributed by atoms with Crippen molar-refractivity contribution >= 4 is 50.5 Å². The summed E-state index contributed by atoms with van der Waals surface area (Å²) in [6, 6.07) is 19.1. The number of halogens is 2. The minimum Gasteiger partial charge on any atom is -0.497 e. The van der Waals surface area contributed by atoms with Crippen molar-refractivity contribution in [3.05, 3.63) is 88.4 Å². The number of carbonyl (C=O) groups is 1. The van der Waals surface area contributed by atoms with Crippen LogP contribution >= 0.6 is 23.2 Å². The number of hydrogen-bond acceptors (Lipinski definition) is 5. The van der Waals surface area contributed by atoms with E-state index in [1.807, 2.05) is 0 Å². The van der Waals surface area contributed by atoms with Crippen molar-refractivity contribution < 1.29 is 17.9 Å². The van der Waals surface area contributed by atoms with Gasteiger partial charge in [0.1, 0.15) is 12.3 Å². The molecule has 3 aromatic carbocycles. The van der Waals surface area contributed by atoms with Gasteiger partial charge in [-0.05, 0) is 79.2 Å². The highest BCUT2D eigenvalue weighted by molar-refractivity contribution is 7.92. The average molecular weight is 506 g/mol. The van der Waals surface area contributed by atoms with E-state index < -0.39 is 22.5 Å². The van der Waals surface area contributed by atoms with Crippen LogP contribution < -0.4 is 14.5 Å². The number of carbonyl (C=O) groups excluding carboxylic acids is 1. The first-order chi connectivity index (χ1) is 15.7. The molecule has 0 aliphatic rings. The van der Waals surface area contributed by atoms with Gasteiger partial charge in [-0.1, -0.05) is 29.3 Å². The van der Waals surface area contributed by atoms with Crippen molar-refractivity contribution in [3.63, 3.8) is 0 Å². The second kappa shape index (κ2) is 10.7. The molecule has 3 aromatic rings. The van der Waals surface area contributed by atoms with Gasteiger partial charge in [0, 0.05) is 10.0 Å². The van der Waals surface area contributed by atoms with Gasteiger partial charge in [0.2, 0.25) is 0 Å². The van der Waals surface area contributed by atoms with Crippen LogP contribution in [-0.4, -0.2) is 33.7 Å². The van der Waals surface area contributed by atoms with Gasteiger partial charge in [0.15, 0.2) is 0 Å². The summed E-state index contributed by atoms with van der Waals surface area (Å²) in [7, 11) is -2.52. The van der Waals surface area contributed by atoms with Crippen LogP contribution in [0.25, 0.3) is 0 Å². The Kier molecular flexibility index (Phi) is 7.97. The zero-order valence-electron chi connectivity index (χ0n) is 17.8. The Morgan fingerprint density at radius 1 is 1.00 bits per heavy atom. The smallest absolute Gasteiger partial charge is 0.264 e. The zero-order valence-corrected chi connectivity index (χ0v) is 20.2. The minimum atomic E-state index is -4.09. The quantitative estimate of drug-likeness (QED) is 0.353. The molecule has 1 amide bonds. The normalized spacial score (nSPS) is 11.7. The van der Waals surface area contributed by atoms with Crippen molar-refractivity contribution in [2.75, 3.05) is 18.0 Å². The summed E-state index contributed by atoms with van der Waals surface area (Å²) >= 11 is 12.0. The molecule has 0 aliphatic heterocycles. The molecule has 0 radical (unpaired) electrons. The summed E-state index contributed by atoms with van der Waals surface area (Å²) in [5.74, 6) is 0.0699. The molecule has 0 saturated carbocycles. The molecule has 10 heteroatoms. The zero-order chi connectivity index (χ0) is 24.0. The Balaban J connectivity index is 1.85. The molecular weight excluding hydrogens is 485 g/mol. The third-order valence-corrected chi connectivity index (χ3v) is 6.92. The molecule has 3 rings (SSSR count). The molecule has 33 heavy (non-hydrogen) atoms. The van der Waals surface area contributed by atoms with Crippen LogP contribution in [0.4, 0.5) is 5.69 Å². The Morgan fingerprint density at radius 2 is 1.67 bits per heavy atom. The van der Waals surface area contributed by atoms with Crippen molar-refractivity contribution in [1.29, 1.82) is 0 Å². The van der Waals surface area contributed by atoms with E-state index in [1.165, 1.54) is 30.3 Å². The molecule has 1 N–H and O–H groups in total. The molecule has 0 saturated heterocycles. The maximum absolute atomic E-state index is 13.3. The molecule has 172 valence electrons. The summed E-state index contributed by atoms with van der Waals surface area (Å²) in [4.78, 5) is 12.7. The summed E-state index contributed by atoms with van der Waals surface area (Å²) < 4.78 is 32.7. The standard InChI is InChI=1S/C23H21Cl2N3O4S/c1-16(17-6-10-21(32-2)11-7-17)26-27-23(29)15-28(20-5-3-4-19(25)14-20)33(30,31)22-12-8-18(24)9-13-22/h3-14H,15H2,1-2H3,(H,27,29)/b26-16-. The maximum Gasteiger partial charge on any atom is 0.264 e. The predicted molar refractivity (Wildman–Crippen MR) is 131 cm³/mol. The van der Waals surface area contributed by atoms with E-state index in [0.717, 1.165) is 9.87 Å². The Hall–Kier alpha value is -3.07. The van der Waals surface area contributed by atoms with Crippen LogP contribution in [0.15, 0.2) is 82.8 Å². The average Bonchev–Trinajstić information content (AvgIpc) is 2.81. The summed E-state index contributed by atoms with van der Waals surface area (Å²) in [6.45, 7) is 1.21. The predicted octanol–water partition coefficient (Wildman–Crippen LogP) is 4.74. The summed E-state index contributed by atoms with van der Waals surface area (Å²) in [5.41, 5.74) is 3.97. The molecule has 0 aromatic heterocycles. The van der Waals surface area contributed by atoms with Gasteiger partial charge in [-0.25, -0.2) is 13.8 Å². The fourth-order valence-electron chi connectivity index (χ4n) is 2.89. The monoisotopic (exact) mass is 505 g/mol. The van der Waals surface area contributed by atoms with Crippen LogP contribution in [0.5, 0.6) is 5.75 Å². The van der Waals surface area contributed by atoms with Crippen LogP contribution in [0.1, 0.15) is 12.5 Å². The second-order valence-electron chi connectivity index (χ2n) is 6.91. The van der Waals surface area contributed by atoms with Gasteiger partial charge in [0.25, 0.3) is 15.9 Å². The van der Waals surface area contributed by atoms with Gasteiger partial charge in [0.05, 0.1) is 23.4 Å². The fraction of sp³-hybridized carbons (Fsp3) is 0.130. The number of nitrogens with one attached hydrogen (secondary N) is 1. The lowest BCUT2D eigenvalue weighted by atomic mass is 10.1. The Morgan fingerprint density at radius 3 is 2.27 bits per heavy atom. The molecule has 0 bridgehead atoms. The van der Waals surface area contributed by atoms with Gasteiger partial charge in [-0.3, -0.25) is 9.10 Å². The van der Waals surface area contributed by atoms with E-state index in [4.69, 9.17) is 27.9 Å². The fourth-order valence-corrected chi connectivity index (χ4v) is 4.61. The van der Waals surface area contributed by atoms with Crippen LogP contribution in [0.3, 0.4) is 0 Å². The number of methoxy groups -OCH3 is 1.